The standard InChI is InChI=1S/C16H24ClN3O2/c1-4-5-19-6-8-20(9-7-19)16(21)18-14-10-12(2)13(17)11-15(14)22-3/h10-11H,4-9H2,1-3H3,(H,18,21). The van der Waals surface area contributed by atoms with Gasteiger partial charge in [0.25, 0.3) is 0 Å². The molecule has 22 heavy (non-hydrogen) atoms. The lowest BCUT2D eigenvalue weighted by atomic mass is 10.2. The number of hydrogen-bond donors (Lipinski definition) is 1. The van der Waals surface area contributed by atoms with Crippen LogP contribution in [0.25, 0.3) is 0 Å². The number of benzene rings is 1. The van der Waals surface area contributed by atoms with Gasteiger partial charge < -0.3 is 15.0 Å². The second-order valence-corrected chi connectivity index (χ2v) is 5.97. The third-order valence-electron chi connectivity index (χ3n) is 3.92. The Morgan fingerprint density at radius 1 is 1.32 bits per heavy atom. The van der Waals surface area contributed by atoms with Crippen LogP contribution in [0.5, 0.6) is 5.75 Å². The molecule has 2 rings (SSSR count). The smallest absolute Gasteiger partial charge is 0.322 e. The minimum Gasteiger partial charge on any atom is -0.495 e. The molecule has 6 heteroatoms. The number of ether oxygens (including phenoxy) is 1. The summed E-state index contributed by atoms with van der Waals surface area (Å²) in [5, 5.41) is 3.56. The van der Waals surface area contributed by atoms with E-state index in [0.29, 0.717) is 16.5 Å². The average molecular weight is 326 g/mol. The number of urea groups is 1. The van der Waals surface area contributed by atoms with Gasteiger partial charge in [0.15, 0.2) is 0 Å². The fourth-order valence-corrected chi connectivity index (χ4v) is 2.77. The van der Waals surface area contributed by atoms with Gasteiger partial charge in [0.2, 0.25) is 0 Å². The Hall–Kier alpha value is -1.46. The molecule has 1 aromatic carbocycles. The molecule has 0 unspecified atom stereocenters. The molecule has 1 heterocycles. The fourth-order valence-electron chi connectivity index (χ4n) is 2.61. The molecule has 0 atom stereocenters. The predicted octanol–water partition coefficient (Wildman–Crippen LogP) is 3.22. The first-order valence-corrected chi connectivity index (χ1v) is 8.05. The zero-order chi connectivity index (χ0) is 16.1. The van der Waals surface area contributed by atoms with Gasteiger partial charge in [0, 0.05) is 37.3 Å². The van der Waals surface area contributed by atoms with Crippen molar-refractivity contribution in [2.24, 2.45) is 0 Å². The Labute approximate surface area is 137 Å². The van der Waals surface area contributed by atoms with E-state index in [0.717, 1.165) is 44.7 Å². The van der Waals surface area contributed by atoms with E-state index in [2.05, 4.69) is 17.1 Å². The molecule has 0 radical (unpaired) electrons. The van der Waals surface area contributed by atoms with Gasteiger partial charge in [-0.1, -0.05) is 18.5 Å². The summed E-state index contributed by atoms with van der Waals surface area (Å²) >= 11 is 6.09. The van der Waals surface area contributed by atoms with Crippen molar-refractivity contribution in [1.29, 1.82) is 0 Å². The predicted molar refractivity (Wildman–Crippen MR) is 90.1 cm³/mol. The normalized spacial score (nSPS) is 15.7. The number of aryl methyl sites for hydroxylation is 1. The lowest BCUT2D eigenvalue weighted by Gasteiger charge is -2.34. The second kappa shape index (κ2) is 7.70. The van der Waals surface area contributed by atoms with Crippen LogP contribution in [-0.4, -0.2) is 55.7 Å². The van der Waals surface area contributed by atoms with E-state index < -0.39 is 0 Å². The molecule has 5 nitrogen and oxygen atoms in total. The SMILES string of the molecule is CCCN1CCN(C(=O)Nc2cc(C)c(Cl)cc2OC)CC1. The van der Waals surface area contributed by atoms with Gasteiger partial charge in [-0.25, -0.2) is 4.79 Å². The fraction of sp³-hybridized carbons (Fsp3) is 0.562. The molecule has 1 aliphatic heterocycles. The van der Waals surface area contributed by atoms with Gasteiger partial charge >= 0.3 is 6.03 Å². The molecular formula is C16H24ClN3O2. The average Bonchev–Trinajstić information content (AvgIpc) is 2.51. The zero-order valence-corrected chi connectivity index (χ0v) is 14.2. The third-order valence-corrected chi connectivity index (χ3v) is 4.33. The molecule has 0 spiro atoms. The molecule has 0 bridgehead atoms. The van der Waals surface area contributed by atoms with Crippen molar-refractivity contribution < 1.29 is 9.53 Å². The lowest BCUT2D eigenvalue weighted by molar-refractivity contribution is 0.147. The van der Waals surface area contributed by atoms with Crippen LogP contribution in [-0.2, 0) is 0 Å². The van der Waals surface area contributed by atoms with Gasteiger partial charge in [-0.15, -0.1) is 0 Å². The maximum atomic E-state index is 12.4. The maximum absolute atomic E-state index is 12.4. The summed E-state index contributed by atoms with van der Waals surface area (Å²) in [6, 6.07) is 3.48. The van der Waals surface area contributed by atoms with Gasteiger partial charge in [0.05, 0.1) is 12.8 Å². The summed E-state index contributed by atoms with van der Waals surface area (Å²) in [4.78, 5) is 16.6. The number of hydrogen-bond acceptors (Lipinski definition) is 3. The summed E-state index contributed by atoms with van der Waals surface area (Å²) in [5.74, 6) is 0.577. The van der Waals surface area contributed by atoms with E-state index >= 15 is 0 Å². The van der Waals surface area contributed by atoms with Crippen LogP contribution in [0.15, 0.2) is 12.1 Å². The van der Waals surface area contributed by atoms with Crippen LogP contribution in [0.1, 0.15) is 18.9 Å². The number of methoxy groups -OCH3 is 1. The maximum Gasteiger partial charge on any atom is 0.322 e. The van der Waals surface area contributed by atoms with Crippen molar-refractivity contribution in [1.82, 2.24) is 9.80 Å². The molecular weight excluding hydrogens is 302 g/mol. The molecule has 122 valence electrons. The molecule has 1 N–H and O–H groups in total. The van der Waals surface area contributed by atoms with Gasteiger partial charge in [-0.05, 0) is 31.5 Å². The zero-order valence-electron chi connectivity index (χ0n) is 13.5. The van der Waals surface area contributed by atoms with E-state index in [1.54, 1.807) is 13.2 Å². The largest absolute Gasteiger partial charge is 0.495 e. The van der Waals surface area contributed by atoms with Crippen LogP contribution in [0.3, 0.4) is 0 Å². The molecule has 1 saturated heterocycles. The van der Waals surface area contributed by atoms with Crippen molar-refractivity contribution in [3.8, 4) is 5.75 Å². The van der Waals surface area contributed by atoms with Gasteiger partial charge in [-0.3, -0.25) is 4.90 Å². The highest BCUT2D eigenvalue weighted by Gasteiger charge is 2.21. The third kappa shape index (κ3) is 4.05. The molecule has 0 saturated carbocycles. The number of nitrogens with zero attached hydrogens (tertiary/aromatic N) is 2. The number of halogens is 1. The number of rotatable bonds is 4. The van der Waals surface area contributed by atoms with E-state index in [4.69, 9.17) is 16.3 Å². The van der Waals surface area contributed by atoms with Crippen LogP contribution in [0.4, 0.5) is 10.5 Å². The molecule has 1 aromatic rings. The lowest BCUT2D eigenvalue weighted by Crippen LogP contribution is -2.50. The Morgan fingerprint density at radius 3 is 2.59 bits per heavy atom. The second-order valence-electron chi connectivity index (χ2n) is 5.56. The van der Waals surface area contributed by atoms with E-state index in [-0.39, 0.29) is 6.03 Å². The number of nitrogens with one attached hydrogen (secondary N) is 1. The Balaban J connectivity index is 1.99. The highest BCUT2D eigenvalue weighted by Crippen LogP contribution is 2.31. The molecule has 0 aromatic heterocycles. The number of carbonyl (C=O) groups excluding carboxylic acids is 1. The first-order chi connectivity index (χ1) is 10.5. The van der Waals surface area contributed by atoms with Crippen molar-refractivity contribution in [2.75, 3.05) is 45.2 Å². The van der Waals surface area contributed by atoms with Gasteiger partial charge in [-0.2, -0.15) is 0 Å². The Kier molecular flexibility index (Phi) is 5.91. The number of amides is 2. The first-order valence-electron chi connectivity index (χ1n) is 7.67. The van der Waals surface area contributed by atoms with Gasteiger partial charge in [0.1, 0.15) is 5.75 Å². The monoisotopic (exact) mass is 325 g/mol. The summed E-state index contributed by atoms with van der Waals surface area (Å²) in [6.07, 6.45) is 1.15. The summed E-state index contributed by atoms with van der Waals surface area (Å²) < 4.78 is 5.29. The quantitative estimate of drug-likeness (QED) is 0.924. The molecule has 1 aliphatic rings. The first kappa shape index (κ1) is 16.9. The van der Waals surface area contributed by atoms with Crippen molar-refractivity contribution >= 4 is 23.3 Å². The Morgan fingerprint density at radius 2 is 2.00 bits per heavy atom. The highest BCUT2D eigenvalue weighted by atomic mass is 35.5. The van der Waals surface area contributed by atoms with Crippen molar-refractivity contribution in [3.05, 3.63) is 22.7 Å². The number of piperazine rings is 1. The minimum atomic E-state index is -0.0869. The number of carbonyl (C=O) groups is 1. The van der Waals surface area contributed by atoms with Crippen LogP contribution < -0.4 is 10.1 Å². The minimum absolute atomic E-state index is 0.0869. The summed E-state index contributed by atoms with van der Waals surface area (Å²) in [6.45, 7) is 8.53. The van der Waals surface area contributed by atoms with Crippen LogP contribution >= 0.6 is 11.6 Å². The van der Waals surface area contributed by atoms with Crippen molar-refractivity contribution in [2.45, 2.75) is 20.3 Å². The van der Waals surface area contributed by atoms with Crippen LogP contribution in [0.2, 0.25) is 5.02 Å². The van der Waals surface area contributed by atoms with Crippen LogP contribution in [0, 0.1) is 6.92 Å². The molecule has 2 amide bonds. The number of anilines is 1. The topological polar surface area (TPSA) is 44.8 Å². The van der Waals surface area contributed by atoms with E-state index in [1.807, 2.05) is 17.9 Å². The van der Waals surface area contributed by atoms with E-state index in [1.165, 1.54) is 0 Å². The molecule has 1 fully saturated rings. The van der Waals surface area contributed by atoms with Crippen molar-refractivity contribution in [3.63, 3.8) is 0 Å². The molecule has 0 aliphatic carbocycles. The van der Waals surface area contributed by atoms with E-state index in [9.17, 15) is 4.79 Å². The summed E-state index contributed by atoms with van der Waals surface area (Å²) in [7, 11) is 1.57. The summed E-state index contributed by atoms with van der Waals surface area (Å²) in [5.41, 5.74) is 1.57. The highest BCUT2D eigenvalue weighted by molar-refractivity contribution is 6.31. The Bertz CT molecular complexity index is 528.